The standard InChI is InChI=1S/C14H17N3O2/c1-19-13-6-3-2-5-12(13)11-14(18)15-8-10-17-9-4-7-16-17/h2-7,9H,8,10-11H2,1H3,(H,15,18). The Hall–Kier alpha value is -2.30. The lowest BCUT2D eigenvalue weighted by Gasteiger charge is -2.08. The Balaban J connectivity index is 1.80. The fraction of sp³-hybridized carbons (Fsp3) is 0.286. The monoisotopic (exact) mass is 259 g/mol. The fourth-order valence-electron chi connectivity index (χ4n) is 1.83. The van der Waals surface area contributed by atoms with Crippen LogP contribution in [0.2, 0.25) is 0 Å². The van der Waals surface area contributed by atoms with Gasteiger partial charge < -0.3 is 10.1 Å². The maximum Gasteiger partial charge on any atom is 0.224 e. The topological polar surface area (TPSA) is 56.1 Å². The van der Waals surface area contributed by atoms with Crippen LogP contribution >= 0.6 is 0 Å². The second-order valence-corrected chi connectivity index (χ2v) is 4.11. The van der Waals surface area contributed by atoms with Crippen molar-refractivity contribution in [2.24, 2.45) is 0 Å². The van der Waals surface area contributed by atoms with E-state index in [2.05, 4.69) is 10.4 Å². The van der Waals surface area contributed by atoms with Crippen molar-refractivity contribution < 1.29 is 9.53 Å². The quantitative estimate of drug-likeness (QED) is 0.849. The summed E-state index contributed by atoms with van der Waals surface area (Å²) in [5.41, 5.74) is 0.890. The minimum Gasteiger partial charge on any atom is -0.496 e. The molecule has 19 heavy (non-hydrogen) atoms. The summed E-state index contributed by atoms with van der Waals surface area (Å²) in [4.78, 5) is 11.8. The van der Waals surface area contributed by atoms with Gasteiger partial charge in [-0.3, -0.25) is 9.48 Å². The number of carbonyl (C=O) groups is 1. The molecule has 1 aromatic carbocycles. The first-order valence-electron chi connectivity index (χ1n) is 6.15. The van der Waals surface area contributed by atoms with Gasteiger partial charge in [0.05, 0.1) is 20.1 Å². The van der Waals surface area contributed by atoms with E-state index in [-0.39, 0.29) is 5.91 Å². The molecule has 0 aliphatic rings. The highest BCUT2D eigenvalue weighted by Crippen LogP contribution is 2.17. The molecule has 0 saturated heterocycles. The van der Waals surface area contributed by atoms with Gasteiger partial charge in [-0.1, -0.05) is 18.2 Å². The van der Waals surface area contributed by atoms with E-state index in [9.17, 15) is 4.79 Å². The Morgan fingerprint density at radius 3 is 2.95 bits per heavy atom. The van der Waals surface area contributed by atoms with Gasteiger partial charge in [-0.15, -0.1) is 0 Å². The summed E-state index contributed by atoms with van der Waals surface area (Å²) in [6.07, 6.45) is 3.91. The number of amides is 1. The first-order valence-corrected chi connectivity index (χ1v) is 6.15. The van der Waals surface area contributed by atoms with E-state index in [4.69, 9.17) is 4.74 Å². The molecule has 0 aliphatic carbocycles. The van der Waals surface area contributed by atoms with Gasteiger partial charge in [-0.05, 0) is 12.1 Å². The highest BCUT2D eigenvalue weighted by Gasteiger charge is 2.07. The molecule has 2 rings (SSSR count). The molecular weight excluding hydrogens is 242 g/mol. The van der Waals surface area contributed by atoms with Gasteiger partial charge in [0.2, 0.25) is 5.91 Å². The summed E-state index contributed by atoms with van der Waals surface area (Å²) in [6.45, 7) is 1.24. The van der Waals surface area contributed by atoms with Crippen molar-refractivity contribution in [3.63, 3.8) is 0 Å². The molecule has 0 atom stereocenters. The molecule has 0 fully saturated rings. The first-order chi connectivity index (χ1) is 9.29. The molecule has 0 unspecified atom stereocenters. The third-order valence-electron chi connectivity index (χ3n) is 2.77. The number of carbonyl (C=O) groups excluding carboxylic acids is 1. The van der Waals surface area contributed by atoms with Gasteiger partial charge in [-0.25, -0.2) is 0 Å². The molecule has 0 saturated carbocycles. The van der Waals surface area contributed by atoms with Crippen LogP contribution in [0.5, 0.6) is 5.75 Å². The second-order valence-electron chi connectivity index (χ2n) is 4.11. The third kappa shape index (κ3) is 3.84. The SMILES string of the molecule is COc1ccccc1CC(=O)NCCn1cccn1. The zero-order chi connectivity index (χ0) is 13.5. The number of benzene rings is 1. The number of ether oxygens (including phenoxy) is 1. The predicted octanol–water partition coefficient (Wildman–Crippen LogP) is 1.25. The molecule has 0 aliphatic heterocycles. The summed E-state index contributed by atoms with van der Waals surface area (Å²) in [5, 5.41) is 6.94. The van der Waals surface area contributed by atoms with Crippen LogP contribution in [0.4, 0.5) is 0 Å². The highest BCUT2D eigenvalue weighted by atomic mass is 16.5. The maximum atomic E-state index is 11.8. The third-order valence-corrected chi connectivity index (χ3v) is 2.77. The maximum absolute atomic E-state index is 11.8. The Kier molecular flexibility index (Phi) is 4.55. The molecule has 5 nitrogen and oxygen atoms in total. The molecular formula is C14H17N3O2. The molecule has 2 aromatic rings. The van der Waals surface area contributed by atoms with Gasteiger partial charge in [0, 0.05) is 24.5 Å². The lowest BCUT2D eigenvalue weighted by molar-refractivity contribution is -0.120. The molecule has 0 bridgehead atoms. The van der Waals surface area contributed by atoms with Gasteiger partial charge in [0.25, 0.3) is 0 Å². The molecule has 1 N–H and O–H groups in total. The van der Waals surface area contributed by atoms with Gasteiger partial charge >= 0.3 is 0 Å². The summed E-state index contributed by atoms with van der Waals surface area (Å²) in [5.74, 6) is 0.724. The van der Waals surface area contributed by atoms with Crippen molar-refractivity contribution in [3.8, 4) is 5.75 Å². The zero-order valence-corrected chi connectivity index (χ0v) is 10.9. The molecule has 1 heterocycles. The van der Waals surface area contributed by atoms with Gasteiger partial charge in [0.1, 0.15) is 5.75 Å². The fourth-order valence-corrected chi connectivity index (χ4v) is 1.83. The van der Waals surface area contributed by atoms with Crippen molar-refractivity contribution >= 4 is 5.91 Å². The Labute approximate surface area is 112 Å². The van der Waals surface area contributed by atoms with E-state index in [1.807, 2.05) is 36.5 Å². The Morgan fingerprint density at radius 1 is 1.37 bits per heavy atom. The van der Waals surface area contributed by atoms with E-state index in [0.29, 0.717) is 19.5 Å². The second kappa shape index (κ2) is 6.58. The average Bonchev–Trinajstić information content (AvgIpc) is 2.92. The number of hydrogen-bond donors (Lipinski definition) is 1. The number of nitrogens with zero attached hydrogens (tertiary/aromatic N) is 2. The van der Waals surface area contributed by atoms with E-state index in [0.717, 1.165) is 11.3 Å². The van der Waals surface area contributed by atoms with Crippen LogP contribution in [0, 0.1) is 0 Å². The summed E-state index contributed by atoms with van der Waals surface area (Å²) in [6, 6.07) is 9.39. The summed E-state index contributed by atoms with van der Waals surface area (Å²) in [7, 11) is 1.61. The smallest absolute Gasteiger partial charge is 0.224 e. The van der Waals surface area contributed by atoms with Crippen molar-refractivity contribution in [3.05, 3.63) is 48.3 Å². The number of para-hydroxylation sites is 1. The normalized spacial score (nSPS) is 10.2. The molecule has 1 aromatic heterocycles. The first kappa shape index (κ1) is 13.1. The average molecular weight is 259 g/mol. The van der Waals surface area contributed by atoms with Crippen LogP contribution in [0.15, 0.2) is 42.7 Å². The molecule has 0 spiro atoms. The van der Waals surface area contributed by atoms with Crippen LogP contribution in [0.1, 0.15) is 5.56 Å². The minimum atomic E-state index is -0.0170. The number of nitrogens with one attached hydrogen (secondary N) is 1. The van der Waals surface area contributed by atoms with Crippen molar-refractivity contribution in [2.45, 2.75) is 13.0 Å². The van der Waals surface area contributed by atoms with Crippen molar-refractivity contribution in [1.82, 2.24) is 15.1 Å². The molecule has 0 radical (unpaired) electrons. The van der Waals surface area contributed by atoms with Gasteiger partial charge in [0.15, 0.2) is 0 Å². The van der Waals surface area contributed by atoms with Crippen LogP contribution in [-0.4, -0.2) is 29.3 Å². The zero-order valence-electron chi connectivity index (χ0n) is 10.9. The van der Waals surface area contributed by atoms with Crippen molar-refractivity contribution in [2.75, 3.05) is 13.7 Å². The predicted molar refractivity (Wildman–Crippen MR) is 71.9 cm³/mol. The summed E-state index contributed by atoms with van der Waals surface area (Å²) >= 11 is 0. The Bertz CT molecular complexity index is 523. The van der Waals surface area contributed by atoms with E-state index < -0.39 is 0 Å². The Morgan fingerprint density at radius 2 is 2.21 bits per heavy atom. The van der Waals surface area contributed by atoms with E-state index in [1.54, 1.807) is 18.0 Å². The highest BCUT2D eigenvalue weighted by molar-refractivity contribution is 5.79. The van der Waals surface area contributed by atoms with Crippen LogP contribution in [0.25, 0.3) is 0 Å². The summed E-state index contributed by atoms with van der Waals surface area (Å²) < 4.78 is 7.00. The lowest BCUT2D eigenvalue weighted by atomic mass is 10.1. The lowest BCUT2D eigenvalue weighted by Crippen LogP contribution is -2.28. The van der Waals surface area contributed by atoms with E-state index in [1.165, 1.54) is 0 Å². The minimum absolute atomic E-state index is 0.0170. The van der Waals surface area contributed by atoms with Crippen LogP contribution < -0.4 is 10.1 Å². The number of hydrogen-bond acceptors (Lipinski definition) is 3. The van der Waals surface area contributed by atoms with Gasteiger partial charge in [-0.2, -0.15) is 5.10 Å². The molecule has 100 valence electrons. The number of methoxy groups -OCH3 is 1. The number of aromatic nitrogens is 2. The largest absolute Gasteiger partial charge is 0.496 e. The molecule has 1 amide bonds. The van der Waals surface area contributed by atoms with E-state index >= 15 is 0 Å². The van der Waals surface area contributed by atoms with Crippen LogP contribution in [-0.2, 0) is 17.8 Å². The number of rotatable bonds is 6. The van der Waals surface area contributed by atoms with Crippen molar-refractivity contribution in [1.29, 1.82) is 0 Å². The molecule has 5 heteroatoms. The van der Waals surface area contributed by atoms with Crippen LogP contribution in [0.3, 0.4) is 0 Å².